The van der Waals surface area contributed by atoms with E-state index in [0.717, 1.165) is 30.5 Å². The van der Waals surface area contributed by atoms with Gasteiger partial charge in [0.05, 0.1) is 5.56 Å². The van der Waals surface area contributed by atoms with Crippen LogP contribution in [0.2, 0.25) is 0 Å². The van der Waals surface area contributed by atoms with Gasteiger partial charge in [-0.3, -0.25) is 14.6 Å². The smallest absolute Gasteiger partial charge is 0.257 e. The number of halogens is 1. The van der Waals surface area contributed by atoms with Crippen molar-refractivity contribution in [2.24, 2.45) is 0 Å². The van der Waals surface area contributed by atoms with Gasteiger partial charge in [0.15, 0.2) is 0 Å². The molecule has 0 saturated heterocycles. The van der Waals surface area contributed by atoms with Crippen LogP contribution in [0.25, 0.3) is 0 Å². The number of H-pyrrole nitrogens is 1. The Kier molecular flexibility index (Phi) is 6.12. The van der Waals surface area contributed by atoms with E-state index in [0.29, 0.717) is 61.7 Å². The zero-order valence-corrected chi connectivity index (χ0v) is 18.6. The Morgan fingerprint density at radius 1 is 1.06 bits per heavy atom. The number of nitrogens with one attached hydrogen (secondary N) is 1. The van der Waals surface area contributed by atoms with E-state index in [9.17, 15) is 14.0 Å². The molecule has 0 spiro atoms. The number of nitrogens with zero attached hydrogens (tertiary/aromatic N) is 3. The topological polar surface area (TPSA) is 69.3 Å². The number of fused-ring (bicyclic) bond motifs is 2. The first-order valence-corrected chi connectivity index (χ1v) is 11.2. The Morgan fingerprint density at radius 2 is 1.84 bits per heavy atom. The summed E-state index contributed by atoms with van der Waals surface area (Å²) in [5, 5.41) is 0. The standard InChI is InChI=1S/C24H31FN4O2/c1-15-13-20-16(2)6-7-17(30)8-11-29(12-9-18(20)21(25)14-15)24-26-22-19(23(31)27-24)5-4-10-28(22)3/h13-14,16H,4-12H2,1-3H3,(H,26,27,31). The van der Waals surface area contributed by atoms with Crippen molar-refractivity contribution in [1.29, 1.82) is 0 Å². The number of carbonyl (C=O) groups is 1. The molecule has 3 heterocycles. The fraction of sp³-hybridized carbons (Fsp3) is 0.542. The van der Waals surface area contributed by atoms with Crippen molar-refractivity contribution in [2.75, 3.05) is 36.5 Å². The number of hydrogen-bond acceptors (Lipinski definition) is 5. The molecule has 0 fully saturated rings. The van der Waals surface area contributed by atoms with Gasteiger partial charge < -0.3 is 9.80 Å². The first-order valence-electron chi connectivity index (χ1n) is 11.2. The van der Waals surface area contributed by atoms with Gasteiger partial charge in [0.1, 0.15) is 17.4 Å². The van der Waals surface area contributed by atoms with E-state index in [1.54, 1.807) is 6.07 Å². The molecule has 31 heavy (non-hydrogen) atoms. The summed E-state index contributed by atoms with van der Waals surface area (Å²) in [6.45, 7) is 5.77. The minimum Gasteiger partial charge on any atom is -0.359 e. The van der Waals surface area contributed by atoms with E-state index in [1.165, 1.54) is 0 Å². The largest absolute Gasteiger partial charge is 0.359 e. The summed E-state index contributed by atoms with van der Waals surface area (Å²) in [7, 11) is 1.94. The molecule has 1 aromatic carbocycles. The minimum atomic E-state index is -0.195. The molecule has 6 nitrogen and oxygen atoms in total. The quantitative estimate of drug-likeness (QED) is 0.756. The average molecular weight is 427 g/mol. The molecule has 7 heteroatoms. The van der Waals surface area contributed by atoms with Gasteiger partial charge in [0.25, 0.3) is 5.56 Å². The summed E-state index contributed by atoms with van der Waals surface area (Å²) in [6, 6.07) is 3.62. The molecule has 166 valence electrons. The minimum absolute atomic E-state index is 0.121. The van der Waals surface area contributed by atoms with Crippen LogP contribution in [0, 0.1) is 12.7 Å². The van der Waals surface area contributed by atoms with E-state index in [2.05, 4.69) is 11.9 Å². The van der Waals surface area contributed by atoms with Gasteiger partial charge in [0, 0.05) is 39.5 Å². The number of aromatic nitrogens is 2. The number of carbonyl (C=O) groups excluding carboxylic acids is 1. The van der Waals surface area contributed by atoms with E-state index < -0.39 is 0 Å². The number of aryl methyl sites for hydroxylation is 1. The lowest BCUT2D eigenvalue weighted by Crippen LogP contribution is -2.36. The van der Waals surface area contributed by atoms with E-state index >= 15 is 0 Å². The first kappa shape index (κ1) is 21.5. The summed E-state index contributed by atoms with van der Waals surface area (Å²) in [4.78, 5) is 36.9. The Morgan fingerprint density at radius 3 is 2.65 bits per heavy atom. The van der Waals surface area contributed by atoms with Crippen molar-refractivity contribution >= 4 is 17.5 Å². The second-order valence-corrected chi connectivity index (χ2v) is 9.00. The van der Waals surface area contributed by atoms with Gasteiger partial charge in [-0.2, -0.15) is 4.98 Å². The Labute approximate surface area is 182 Å². The van der Waals surface area contributed by atoms with E-state index in [4.69, 9.17) is 4.98 Å². The van der Waals surface area contributed by atoms with Gasteiger partial charge in [-0.15, -0.1) is 0 Å². The number of aromatic amines is 1. The van der Waals surface area contributed by atoms with Crippen LogP contribution in [-0.2, 0) is 17.6 Å². The number of rotatable bonds is 1. The van der Waals surface area contributed by atoms with Crippen LogP contribution in [0.3, 0.4) is 0 Å². The highest BCUT2D eigenvalue weighted by Gasteiger charge is 2.24. The molecule has 0 amide bonds. The van der Waals surface area contributed by atoms with Crippen LogP contribution in [0.1, 0.15) is 60.8 Å². The predicted octanol–water partition coefficient (Wildman–Crippen LogP) is 3.51. The lowest BCUT2D eigenvalue weighted by Gasteiger charge is -2.29. The van der Waals surface area contributed by atoms with Crippen LogP contribution >= 0.6 is 0 Å². The molecule has 1 aromatic heterocycles. The van der Waals surface area contributed by atoms with Crippen LogP contribution in [0.4, 0.5) is 16.2 Å². The third-order valence-electron chi connectivity index (χ3n) is 6.62. The number of benzene rings is 1. The van der Waals surface area contributed by atoms with Gasteiger partial charge >= 0.3 is 0 Å². The molecule has 0 aliphatic carbocycles. The van der Waals surface area contributed by atoms with Gasteiger partial charge in [-0.25, -0.2) is 4.39 Å². The molecular weight excluding hydrogens is 395 g/mol. The summed E-state index contributed by atoms with van der Waals surface area (Å²) < 4.78 is 14.9. The maximum Gasteiger partial charge on any atom is 0.257 e. The highest BCUT2D eigenvalue weighted by molar-refractivity contribution is 5.79. The molecule has 2 aromatic rings. The Bertz CT molecular complexity index is 1050. The van der Waals surface area contributed by atoms with Crippen LogP contribution in [-0.4, -0.2) is 42.4 Å². The fourth-order valence-corrected chi connectivity index (χ4v) is 4.75. The van der Waals surface area contributed by atoms with Crippen LogP contribution in [0.15, 0.2) is 16.9 Å². The van der Waals surface area contributed by atoms with Crippen molar-refractivity contribution in [2.45, 2.75) is 58.3 Å². The highest BCUT2D eigenvalue weighted by Crippen LogP contribution is 2.30. The van der Waals surface area contributed by atoms with Gasteiger partial charge in [-0.05, 0) is 61.3 Å². The van der Waals surface area contributed by atoms with E-state index in [-0.39, 0.29) is 23.1 Å². The maximum absolute atomic E-state index is 14.9. The number of anilines is 2. The number of hydrogen-bond donors (Lipinski definition) is 1. The molecule has 0 radical (unpaired) electrons. The normalized spacial score (nSPS) is 20.1. The summed E-state index contributed by atoms with van der Waals surface area (Å²) in [5.74, 6) is 1.29. The molecule has 1 N–H and O–H groups in total. The van der Waals surface area contributed by atoms with Crippen molar-refractivity contribution in [1.82, 2.24) is 9.97 Å². The molecule has 1 unspecified atom stereocenters. The first-order chi connectivity index (χ1) is 14.8. The molecule has 0 bridgehead atoms. The highest BCUT2D eigenvalue weighted by atomic mass is 19.1. The molecule has 4 rings (SSSR count). The third-order valence-corrected chi connectivity index (χ3v) is 6.62. The summed E-state index contributed by atoms with van der Waals surface area (Å²) >= 11 is 0. The zero-order valence-electron chi connectivity index (χ0n) is 18.6. The molecule has 2 aliphatic rings. The van der Waals surface area contributed by atoms with Crippen molar-refractivity contribution in [3.8, 4) is 0 Å². The lowest BCUT2D eigenvalue weighted by atomic mass is 9.88. The molecule has 0 saturated carbocycles. The van der Waals surface area contributed by atoms with Crippen LogP contribution in [0.5, 0.6) is 0 Å². The average Bonchev–Trinajstić information content (AvgIpc) is 2.75. The molecule has 1 atom stereocenters. The molecular formula is C24H31FN4O2. The SMILES string of the molecule is Cc1cc(F)c2c(c1)C(C)CCC(=O)CCN(c1nc3c(c(=O)[nH]1)CCCN3C)CC2. The van der Waals surface area contributed by atoms with Gasteiger partial charge in [-0.1, -0.05) is 13.0 Å². The predicted molar refractivity (Wildman–Crippen MR) is 121 cm³/mol. The number of ketones is 1. The summed E-state index contributed by atoms with van der Waals surface area (Å²) in [5.41, 5.74) is 3.17. The van der Waals surface area contributed by atoms with Gasteiger partial charge in [0.2, 0.25) is 5.95 Å². The zero-order chi connectivity index (χ0) is 22.1. The molecule has 2 aliphatic heterocycles. The summed E-state index contributed by atoms with van der Waals surface area (Å²) in [6.07, 6.45) is 3.72. The Hall–Kier alpha value is -2.70. The van der Waals surface area contributed by atoms with Crippen molar-refractivity contribution in [3.63, 3.8) is 0 Å². The second kappa shape index (κ2) is 8.81. The fourth-order valence-electron chi connectivity index (χ4n) is 4.75. The monoisotopic (exact) mass is 426 g/mol. The van der Waals surface area contributed by atoms with E-state index in [1.807, 2.05) is 29.8 Å². The third kappa shape index (κ3) is 4.50. The lowest BCUT2D eigenvalue weighted by molar-refractivity contribution is -0.119. The Balaban J connectivity index is 1.71. The van der Waals surface area contributed by atoms with Crippen LogP contribution < -0.4 is 15.4 Å². The van der Waals surface area contributed by atoms with Crippen molar-refractivity contribution in [3.05, 3.63) is 50.6 Å². The van der Waals surface area contributed by atoms with Crippen molar-refractivity contribution < 1.29 is 9.18 Å². The number of Topliss-reactive ketones (excluding diaryl/α,β-unsaturated/α-hetero) is 1. The second-order valence-electron chi connectivity index (χ2n) is 9.00. The maximum atomic E-state index is 14.9.